The van der Waals surface area contributed by atoms with Gasteiger partial charge in [-0.25, -0.2) is 0 Å². The molecule has 21 heavy (non-hydrogen) atoms. The van der Waals surface area contributed by atoms with Gasteiger partial charge in [0, 0.05) is 6.04 Å². The Hall–Kier alpha value is -1.03. The topological polar surface area (TPSA) is 41.6 Å². The second-order valence-corrected chi connectivity index (χ2v) is 4.73. The van der Waals surface area contributed by atoms with Crippen LogP contribution >= 0.6 is 0 Å². The SMILES string of the molecule is O=C(COCC(F)(F)F)N(CC(F)(F)F)C1CCNCC1. The average Bonchev–Trinajstić information content (AvgIpc) is 2.34. The summed E-state index contributed by atoms with van der Waals surface area (Å²) in [6.45, 7) is -3.25. The van der Waals surface area contributed by atoms with Gasteiger partial charge in [-0.2, -0.15) is 26.3 Å². The summed E-state index contributed by atoms with van der Waals surface area (Å²) >= 11 is 0. The van der Waals surface area contributed by atoms with Crippen LogP contribution < -0.4 is 5.32 Å². The molecule has 0 aromatic carbocycles. The van der Waals surface area contributed by atoms with Gasteiger partial charge >= 0.3 is 12.4 Å². The smallest absolute Gasteiger partial charge is 0.362 e. The third-order valence-corrected chi connectivity index (χ3v) is 2.91. The van der Waals surface area contributed by atoms with Crippen molar-refractivity contribution in [2.45, 2.75) is 31.2 Å². The number of nitrogens with zero attached hydrogens (tertiary/aromatic N) is 1. The lowest BCUT2D eigenvalue weighted by Crippen LogP contribution is -2.51. The summed E-state index contributed by atoms with van der Waals surface area (Å²) in [5.41, 5.74) is 0. The molecule has 1 saturated heterocycles. The van der Waals surface area contributed by atoms with Crippen molar-refractivity contribution in [1.82, 2.24) is 10.2 Å². The fourth-order valence-electron chi connectivity index (χ4n) is 2.07. The maximum absolute atomic E-state index is 12.5. The number of hydrogen-bond acceptors (Lipinski definition) is 3. The molecule has 1 rings (SSSR count). The molecular formula is C11H16F6N2O2. The first-order valence-corrected chi connectivity index (χ1v) is 6.30. The van der Waals surface area contributed by atoms with Crippen LogP contribution in [0.1, 0.15) is 12.8 Å². The highest BCUT2D eigenvalue weighted by Crippen LogP contribution is 2.22. The lowest BCUT2D eigenvalue weighted by molar-refractivity contribution is -0.185. The largest absolute Gasteiger partial charge is 0.411 e. The van der Waals surface area contributed by atoms with Crippen LogP contribution in [0, 0.1) is 0 Å². The second kappa shape index (κ2) is 7.30. The first kappa shape index (κ1) is 18.0. The van der Waals surface area contributed by atoms with Gasteiger partial charge in [-0.1, -0.05) is 0 Å². The van der Waals surface area contributed by atoms with Crippen molar-refractivity contribution >= 4 is 5.91 Å². The van der Waals surface area contributed by atoms with Gasteiger partial charge in [0.2, 0.25) is 5.91 Å². The molecule has 10 heteroatoms. The van der Waals surface area contributed by atoms with Crippen molar-refractivity contribution in [3.8, 4) is 0 Å². The van der Waals surface area contributed by atoms with Gasteiger partial charge in [0.05, 0.1) is 0 Å². The number of nitrogens with one attached hydrogen (secondary N) is 1. The Morgan fingerprint density at radius 2 is 1.67 bits per heavy atom. The van der Waals surface area contributed by atoms with Gasteiger partial charge < -0.3 is 15.0 Å². The van der Waals surface area contributed by atoms with Crippen LogP contribution in [-0.4, -0.2) is 62.0 Å². The molecule has 0 aromatic heterocycles. The van der Waals surface area contributed by atoms with Gasteiger partial charge in [0.25, 0.3) is 0 Å². The molecule has 0 saturated carbocycles. The third-order valence-electron chi connectivity index (χ3n) is 2.91. The summed E-state index contributed by atoms with van der Waals surface area (Å²) < 4.78 is 77.3. The number of alkyl halides is 6. The molecule has 1 heterocycles. The highest BCUT2D eigenvalue weighted by Gasteiger charge is 2.37. The summed E-state index contributed by atoms with van der Waals surface area (Å²) in [4.78, 5) is 12.3. The fraction of sp³-hybridized carbons (Fsp3) is 0.909. The van der Waals surface area contributed by atoms with Crippen LogP contribution in [0.2, 0.25) is 0 Å². The minimum atomic E-state index is -4.62. The van der Waals surface area contributed by atoms with E-state index in [9.17, 15) is 31.1 Å². The fourth-order valence-corrected chi connectivity index (χ4v) is 2.07. The van der Waals surface area contributed by atoms with E-state index in [0.29, 0.717) is 30.8 Å². The van der Waals surface area contributed by atoms with Crippen molar-refractivity contribution < 1.29 is 35.9 Å². The van der Waals surface area contributed by atoms with E-state index in [1.165, 1.54) is 0 Å². The van der Waals surface area contributed by atoms with E-state index in [-0.39, 0.29) is 0 Å². The van der Waals surface area contributed by atoms with Crippen molar-refractivity contribution in [3.63, 3.8) is 0 Å². The Morgan fingerprint density at radius 3 is 2.14 bits per heavy atom. The van der Waals surface area contributed by atoms with E-state index < -0.39 is 44.1 Å². The number of carbonyl (C=O) groups excluding carboxylic acids is 1. The van der Waals surface area contributed by atoms with Crippen LogP contribution in [-0.2, 0) is 9.53 Å². The normalized spacial score (nSPS) is 17.8. The number of carbonyl (C=O) groups is 1. The number of ether oxygens (including phenoxy) is 1. The van der Waals surface area contributed by atoms with Crippen molar-refractivity contribution in [3.05, 3.63) is 0 Å². The molecule has 0 radical (unpaired) electrons. The molecule has 0 bridgehead atoms. The number of hydrogen-bond donors (Lipinski definition) is 1. The first-order valence-electron chi connectivity index (χ1n) is 6.30. The minimum Gasteiger partial charge on any atom is -0.362 e. The maximum Gasteiger partial charge on any atom is 0.411 e. The Bertz CT molecular complexity index is 339. The quantitative estimate of drug-likeness (QED) is 0.784. The third kappa shape index (κ3) is 7.51. The van der Waals surface area contributed by atoms with Gasteiger partial charge in [-0.15, -0.1) is 0 Å². The molecular weight excluding hydrogens is 306 g/mol. The molecule has 0 atom stereocenters. The summed E-state index contributed by atoms with van der Waals surface area (Å²) in [6.07, 6.45) is -8.59. The Balaban J connectivity index is 2.59. The molecule has 1 N–H and O–H groups in total. The molecule has 1 amide bonds. The number of rotatable bonds is 5. The summed E-state index contributed by atoms with van der Waals surface area (Å²) in [6, 6.07) is -0.644. The monoisotopic (exact) mass is 322 g/mol. The van der Waals surface area contributed by atoms with Gasteiger partial charge in [-0.3, -0.25) is 4.79 Å². The van der Waals surface area contributed by atoms with E-state index in [2.05, 4.69) is 10.1 Å². The molecule has 0 unspecified atom stereocenters. The maximum atomic E-state index is 12.5. The molecule has 1 aliphatic heterocycles. The standard InChI is InChI=1S/C11H16F6N2O2/c12-10(13,14)6-19(8-1-3-18-4-2-8)9(20)5-21-7-11(15,16)17/h8,18H,1-7H2. The minimum absolute atomic E-state index is 0.321. The van der Waals surface area contributed by atoms with Crippen LogP contribution in [0.15, 0.2) is 0 Å². The molecule has 0 aliphatic carbocycles. The summed E-state index contributed by atoms with van der Waals surface area (Å²) in [5, 5.41) is 2.94. The van der Waals surface area contributed by atoms with E-state index >= 15 is 0 Å². The summed E-state index contributed by atoms with van der Waals surface area (Å²) in [5.74, 6) is -1.08. The zero-order chi connectivity index (χ0) is 16.1. The zero-order valence-corrected chi connectivity index (χ0v) is 11.1. The highest BCUT2D eigenvalue weighted by molar-refractivity contribution is 5.77. The molecule has 1 aliphatic rings. The molecule has 0 aromatic rings. The first-order chi connectivity index (χ1) is 9.58. The van der Waals surface area contributed by atoms with Crippen molar-refractivity contribution in [1.29, 1.82) is 0 Å². The Morgan fingerprint density at radius 1 is 1.10 bits per heavy atom. The molecule has 4 nitrogen and oxygen atoms in total. The number of piperidine rings is 1. The Kier molecular flexibility index (Phi) is 6.26. The van der Waals surface area contributed by atoms with Crippen LogP contribution in [0.5, 0.6) is 0 Å². The average molecular weight is 322 g/mol. The Labute approximate surface area is 117 Å². The van der Waals surface area contributed by atoms with Crippen LogP contribution in [0.25, 0.3) is 0 Å². The predicted octanol–water partition coefficient (Wildman–Crippen LogP) is 1.71. The second-order valence-electron chi connectivity index (χ2n) is 4.73. The van der Waals surface area contributed by atoms with Crippen molar-refractivity contribution in [2.24, 2.45) is 0 Å². The van der Waals surface area contributed by atoms with Crippen LogP contribution in [0.4, 0.5) is 26.3 Å². The molecule has 124 valence electrons. The van der Waals surface area contributed by atoms with Crippen LogP contribution in [0.3, 0.4) is 0 Å². The number of amides is 1. The van der Waals surface area contributed by atoms with E-state index in [1.54, 1.807) is 0 Å². The van der Waals surface area contributed by atoms with Gasteiger partial charge in [0.15, 0.2) is 0 Å². The van der Waals surface area contributed by atoms with Gasteiger partial charge in [0.1, 0.15) is 19.8 Å². The number of halogens is 6. The predicted molar refractivity (Wildman–Crippen MR) is 60.5 cm³/mol. The molecule has 1 fully saturated rings. The highest BCUT2D eigenvalue weighted by atomic mass is 19.4. The lowest BCUT2D eigenvalue weighted by Gasteiger charge is -2.35. The molecule has 0 spiro atoms. The van der Waals surface area contributed by atoms with E-state index in [0.717, 1.165) is 0 Å². The summed E-state index contributed by atoms with van der Waals surface area (Å²) in [7, 11) is 0. The van der Waals surface area contributed by atoms with Crippen molar-refractivity contribution in [2.75, 3.05) is 32.8 Å². The van der Waals surface area contributed by atoms with Gasteiger partial charge in [-0.05, 0) is 25.9 Å². The van der Waals surface area contributed by atoms with E-state index in [1.807, 2.05) is 0 Å². The van der Waals surface area contributed by atoms with E-state index in [4.69, 9.17) is 0 Å². The zero-order valence-electron chi connectivity index (χ0n) is 11.1. The lowest BCUT2D eigenvalue weighted by atomic mass is 10.0.